The van der Waals surface area contributed by atoms with E-state index in [0.717, 1.165) is 5.92 Å². The minimum Gasteiger partial charge on any atom is -0.376 e. The molecule has 1 saturated carbocycles. The van der Waals surface area contributed by atoms with Crippen LogP contribution in [0.5, 0.6) is 0 Å². The number of hydrogen-bond acceptors (Lipinski definition) is 1. The van der Waals surface area contributed by atoms with E-state index in [2.05, 4.69) is 41.9 Å². The lowest BCUT2D eigenvalue weighted by Gasteiger charge is -2.17. The van der Waals surface area contributed by atoms with Crippen LogP contribution in [0, 0.1) is 19.8 Å². The van der Waals surface area contributed by atoms with Crippen LogP contribution in [0.3, 0.4) is 0 Å². The van der Waals surface area contributed by atoms with Crippen molar-refractivity contribution in [2.45, 2.75) is 32.8 Å². The molecule has 0 aromatic heterocycles. The third-order valence-electron chi connectivity index (χ3n) is 3.09. The van der Waals surface area contributed by atoms with Gasteiger partial charge in [0.05, 0.1) is 6.10 Å². The number of methoxy groups -OCH3 is 1. The van der Waals surface area contributed by atoms with E-state index in [1.807, 2.05) is 7.11 Å². The van der Waals surface area contributed by atoms with Crippen LogP contribution in [0.25, 0.3) is 0 Å². The first-order valence-electron chi connectivity index (χ1n) is 5.43. The number of hydrogen-bond donors (Lipinski definition) is 0. The largest absolute Gasteiger partial charge is 0.376 e. The van der Waals surface area contributed by atoms with Crippen molar-refractivity contribution >= 4 is 15.9 Å². The van der Waals surface area contributed by atoms with Gasteiger partial charge in [-0.1, -0.05) is 28.1 Å². The Morgan fingerprint density at radius 1 is 1.27 bits per heavy atom. The topological polar surface area (TPSA) is 9.23 Å². The minimum atomic E-state index is 0.301. The predicted molar refractivity (Wildman–Crippen MR) is 66.1 cm³/mol. The molecule has 0 amide bonds. The summed E-state index contributed by atoms with van der Waals surface area (Å²) in [4.78, 5) is 0. The van der Waals surface area contributed by atoms with E-state index in [9.17, 15) is 0 Å². The smallest absolute Gasteiger partial charge is 0.0849 e. The highest BCUT2D eigenvalue weighted by atomic mass is 79.9. The second kappa shape index (κ2) is 4.26. The molecule has 82 valence electrons. The van der Waals surface area contributed by atoms with Gasteiger partial charge in [-0.25, -0.2) is 0 Å². The third-order valence-corrected chi connectivity index (χ3v) is 4.34. The summed E-state index contributed by atoms with van der Waals surface area (Å²) >= 11 is 3.60. The summed E-state index contributed by atoms with van der Waals surface area (Å²) in [6.45, 7) is 4.28. The number of aryl methyl sites for hydroxylation is 2. The van der Waals surface area contributed by atoms with Crippen LogP contribution in [-0.2, 0) is 4.74 Å². The molecule has 1 aliphatic rings. The summed E-state index contributed by atoms with van der Waals surface area (Å²) in [5, 5.41) is 0. The van der Waals surface area contributed by atoms with Gasteiger partial charge in [0, 0.05) is 11.6 Å². The lowest BCUT2D eigenvalue weighted by atomic mass is 10.0. The van der Waals surface area contributed by atoms with Crippen LogP contribution >= 0.6 is 15.9 Å². The van der Waals surface area contributed by atoms with Crippen LogP contribution in [-0.4, -0.2) is 7.11 Å². The highest BCUT2D eigenvalue weighted by Gasteiger charge is 2.32. The highest BCUT2D eigenvalue weighted by Crippen LogP contribution is 2.43. The lowest BCUT2D eigenvalue weighted by Crippen LogP contribution is -2.04. The van der Waals surface area contributed by atoms with Crippen molar-refractivity contribution in [3.63, 3.8) is 0 Å². The van der Waals surface area contributed by atoms with Gasteiger partial charge in [-0.3, -0.25) is 0 Å². The Hall–Kier alpha value is -0.340. The normalized spacial score (nSPS) is 17.9. The third kappa shape index (κ3) is 2.26. The Balaban J connectivity index is 2.34. The van der Waals surface area contributed by atoms with Crippen molar-refractivity contribution in [3.05, 3.63) is 33.3 Å². The number of ether oxygens (including phenoxy) is 1. The van der Waals surface area contributed by atoms with E-state index in [0.29, 0.717) is 6.10 Å². The second-order valence-corrected chi connectivity index (χ2v) is 5.26. The van der Waals surface area contributed by atoms with Gasteiger partial charge in [-0.15, -0.1) is 0 Å². The maximum Gasteiger partial charge on any atom is 0.0849 e. The zero-order chi connectivity index (χ0) is 11.0. The summed E-state index contributed by atoms with van der Waals surface area (Å²) in [5.74, 6) is 0.745. The Labute approximate surface area is 100.0 Å². The van der Waals surface area contributed by atoms with Crippen molar-refractivity contribution < 1.29 is 4.74 Å². The molecule has 0 N–H and O–H groups in total. The van der Waals surface area contributed by atoms with Crippen molar-refractivity contribution in [1.82, 2.24) is 0 Å². The number of halogens is 1. The molecule has 2 heteroatoms. The van der Waals surface area contributed by atoms with E-state index >= 15 is 0 Å². The van der Waals surface area contributed by atoms with Crippen molar-refractivity contribution in [3.8, 4) is 0 Å². The standard InChI is InChI=1S/C13H17BrO/c1-8-6-11(7-9(2)12(8)14)13(15-3)10-4-5-10/h6-7,10,13H,4-5H2,1-3H3. The molecule has 1 unspecified atom stereocenters. The summed E-state index contributed by atoms with van der Waals surface area (Å²) in [6, 6.07) is 4.48. The van der Waals surface area contributed by atoms with Gasteiger partial charge < -0.3 is 4.74 Å². The molecule has 2 rings (SSSR count). The average molecular weight is 269 g/mol. The fourth-order valence-corrected chi connectivity index (χ4v) is 2.37. The highest BCUT2D eigenvalue weighted by molar-refractivity contribution is 9.10. The van der Waals surface area contributed by atoms with Crippen LogP contribution in [0.1, 0.15) is 35.6 Å². The van der Waals surface area contributed by atoms with Crippen LogP contribution in [0.4, 0.5) is 0 Å². The summed E-state index contributed by atoms with van der Waals surface area (Å²) < 4.78 is 6.81. The number of benzene rings is 1. The van der Waals surface area contributed by atoms with Gasteiger partial charge in [0.1, 0.15) is 0 Å². The molecule has 0 spiro atoms. The molecular weight excluding hydrogens is 252 g/mol. The Morgan fingerprint density at radius 2 is 1.80 bits per heavy atom. The zero-order valence-corrected chi connectivity index (χ0v) is 11.1. The van der Waals surface area contributed by atoms with E-state index in [4.69, 9.17) is 4.74 Å². The van der Waals surface area contributed by atoms with Crippen LogP contribution in [0.15, 0.2) is 16.6 Å². The van der Waals surface area contributed by atoms with Gasteiger partial charge in [-0.05, 0) is 49.3 Å². The zero-order valence-electron chi connectivity index (χ0n) is 9.51. The summed E-state index contributed by atoms with van der Waals surface area (Å²) in [7, 11) is 1.82. The van der Waals surface area contributed by atoms with E-state index in [1.165, 1.54) is 34.0 Å². The van der Waals surface area contributed by atoms with Gasteiger partial charge in [0.2, 0.25) is 0 Å². The van der Waals surface area contributed by atoms with E-state index in [-0.39, 0.29) is 0 Å². The molecule has 1 fully saturated rings. The molecule has 0 heterocycles. The van der Waals surface area contributed by atoms with Gasteiger partial charge in [0.15, 0.2) is 0 Å². The van der Waals surface area contributed by atoms with Crippen molar-refractivity contribution in [1.29, 1.82) is 0 Å². The molecule has 0 saturated heterocycles. The molecule has 0 radical (unpaired) electrons. The fourth-order valence-electron chi connectivity index (χ4n) is 2.14. The average Bonchev–Trinajstić information content (AvgIpc) is 2.99. The Kier molecular flexibility index (Phi) is 3.17. The van der Waals surface area contributed by atoms with Crippen LogP contribution in [0.2, 0.25) is 0 Å². The molecular formula is C13H17BrO. The van der Waals surface area contributed by atoms with Gasteiger partial charge in [-0.2, -0.15) is 0 Å². The van der Waals surface area contributed by atoms with E-state index < -0.39 is 0 Å². The minimum absolute atomic E-state index is 0.301. The maximum atomic E-state index is 5.59. The van der Waals surface area contributed by atoms with Crippen molar-refractivity contribution in [2.75, 3.05) is 7.11 Å². The first-order valence-corrected chi connectivity index (χ1v) is 6.22. The molecule has 0 bridgehead atoms. The molecule has 0 aliphatic heterocycles. The second-order valence-electron chi connectivity index (χ2n) is 4.46. The maximum absolute atomic E-state index is 5.59. The predicted octanol–water partition coefficient (Wildman–Crippen LogP) is 4.16. The molecule has 1 nitrogen and oxygen atoms in total. The first-order chi connectivity index (χ1) is 7.13. The first kappa shape index (κ1) is 11.2. The Morgan fingerprint density at radius 3 is 2.20 bits per heavy atom. The summed E-state index contributed by atoms with van der Waals surface area (Å²) in [5.41, 5.74) is 3.93. The lowest BCUT2D eigenvalue weighted by molar-refractivity contribution is 0.0845. The van der Waals surface area contributed by atoms with Gasteiger partial charge in [0.25, 0.3) is 0 Å². The molecule has 15 heavy (non-hydrogen) atoms. The van der Waals surface area contributed by atoms with E-state index in [1.54, 1.807) is 0 Å². The fraction of sp³-hybridized carbons (Fsp3) is 0.538. The number of rotatable bonds is 3. The molecule has 1 aromatic carbocycles. The van der Waals surface area contributed by atoms with Crippen molar-refractivity contribution in [2.24, 2.45) is 5.92 Å². The SMILES string of the molecule is COC(c1cc(C)c(Br)c(C)c1)C1CC1. The van der Waals surface area contributed by atoms with Crippen LogP contribution < -0.4 is 0 Å². The molecule has 1 atom stereocenters. The summed E-state index contributed by atoms with van der Waals surface area (Å²) in [6.07, 6.45) is 2.93. The molecule has 1 aliphatic carbocycles. The quantitative estimate of drug-likeness (QED) is 0.800. The van der Waals surface area contributed by atoms with Gasteiger partial charge >= 0.3 is 0 Å². The molecule has 1 aromatic rings. The Bertz CT molecular complexity index is 346. The monoisotopic (exact) mass is 268 g/mol.